The van der Waals surface area contributed by atoms with E-state index < -0.39 is 18.1 Å². The Bertz CT molecular complexity index is 1460. The van der Waals surface area contributed by atoms with Crippen LogP contribution in [0.5, 0.6) is 11.6 Å². The molecule has 4 N–H and O–H groups in total. The molecule has 0 atom stereocenters. The van der Waals surface area contributed by atoms with Crippen molar-refractivity contribution in [2.75, 3.05) is 6.61 Å². The number of ether oxygens (including phenoxy) is 2. The Morgan fingerprint density at radius 3 is 2.58 bits per heavy atom. The van der Waals surface area contributed by atoms with Gasteiger partial charge in [0.2, 0.25) is 5.88 Å². The molecular formula is C27H32F2N6O5. The predicted molar refractivity (Wildman–Crippen MR) is 138 cm³/mol. The topological polar surface area (TPSA) is 146 Å². The van der Waals surface area contributed by atoms with Crippen LogP contribution in [0.4, 0.5) is 8.78 Å². The summed E-state index contributed by atoms with van der Waals surface area (Å²) < 4.78 is 39.7. The minimum absolute atomic E-state index is 0.0000766. The van der Waals surface area contributed by atoms with Crippen molar-refractivity contribution in [3.05, 3.63) is 41.3 Å². The predicted octanol–water partition coefficient (Wildman–Crippen LogP) is 3.17. The van der Waals surface area contributed by atoms with Gasteiger partial charge >= 0.3 is 6.55 Å². The molecule has 0 saturated heterocycles. The highest BCUT2D eigenvalue weighted by Gasteiger charge is 2.54. The second-order valence-electron chi connectivity index (χ2n) is 12.0. The first kappa shape index (κ1) is 26.5. The number of pyridine rings is 1. The summed E-state index contributed by atoms with van der Waals surface area (Å²) in [4.78, 5) is 24.8. The van der Waals surface area contributed by atoms with Gasteiger partial charge in [-0.2, -0.15) is 13.9 Å². The van der Waals surface area contributed by atoms with E-state index in [2.05, 4.69) is 15.5 Å². The highest BCUT2D eigenvalue weighted by Crippen LogP contribution is 2.57. The molecule has 3 heterocycles. The lowest BCUT2D eigenvalue weighted by Crippen LogP contribution is -2.58. The van der Waals surface area contributed by atoms with Crippen molar-refractivity contribution in [2.24, 2.45) is 11.1 Å². The number of nitrogens with one attached hydrogen (secondary N) is 1. The third-order valence-corrected chi connectivity index (χ3v) is 7.93. The van der Waals surface area contributed by atoms with Crippen molar-refractivity contribution in [2.45, 2.75) is 82.6 Å². The Labute approximate surface area is 228 Å². The summed E-state index contributed by atoms with van der Waals surface area (Å²) >= 11 is 0. The molecule has 3 aromatic heterocycles. The molecule has 3 saturated carbocycles. The van der Waals surface area contributed by atoms with Crippen LogP contribution < -0.4 is 20.5 Å². The van der Waals surface area contributed by atoms with Gasteiger partial charge in [-0.15, -0.1) is 5.10 Å². The number of hydrogen-bond donors (Lipinski definition) is 3. The van der Waals surface area contributed by atoms with E-state index in [4.69, 9.17) is 15.2 Å². The van der Waals surface area contributed by atoms with E-state index in [1.54, 1.807) is 24.6 Å². The Morgan fingerprint density at radius 1 is 1.23 bits per heavy atom. The van der Waals surface area contributed by atoms with Crippen molar-refractivity contribution in [3.63, 3.8) is 0 Å². The number of fused-ring (bicyclic) bond motifs is 1. The molecule has 3 aromatic rings. The van der Waals surface area contributed by atoms with Crippen molar-refractivity contribution in [1.82, 2.24) is 24.7 Å². The van der Waals surface area contributed by atoms with E-state index in [1.165, 1.54) is 0 Å². The number of primary amides is 1. The number of alkyl halides is 2. The first-order chi connectivity index (χ1) is 18.9. The summed E-state index contributed by atoms with van der Waals surface area (Å²) in [6.45, 7) is 0.616. The van der Waals surface area contributed by atoms with E-state index in [1.807, 2.05) is 12.1 Å². The first-order valence-electron chi connectivity index (χ1n) is 13.4. The Hall–Kier alpha value is -3.74. The number of nitrogens with zero attached hydrogens (tertiary/aromatic N) is 4. The number of nitrogens with two attached hydrogens (primary N) is 1. The van der Waals surface area contributed by atoms with E-state index in [0.717, 1.165) is 37.6 Å². The van der Waals surface area contributed by atoms with E-state index in [-0.39, 0.29) is 41.5 Å². The number of hydrogen-bond acceptors (Lipinski definition) is 7. The fourth-order valence-electron chi connectivity index (χ4n) is 5.90. The van der Waals surface area contributed by atoms with E-state index >= 15 is 0 Å². The van der Waals surface area contributed by atoms with Gasteiger partial charge in [0, 0.05) is 18.2 Å². The average molecular weight is 559 g/mol. The van der Waals surface area contributed by atoms with Crippen molar-refractivity contribution in [3.8, 4) is 11.6 Å². The number of amides is 2. The summed E-state index contributed by atoms with van der Waals surface area (Å²) in [6, 6.07) is 3.66. The van der Waals surface area contributed by atoms with Crippen LogP contribution in [0, 0.1) is 5.41 Å². The zero-order valence-electron chi connectivity index (χ0n) is 22.3. The first-order valence-corrected chi connectivity index (χ1v) is 13.4. The lowest BCUT2D eigenvalue weighted by atomic mass is 9.53. The molecular weight excluding hydrogens is 526 g/mol. The van der Waals surface area contributed by atoms with E-state index in [9.17, 15) is 23.5 Å². The van der Waals surface area contributed by atoms with Gasteiger partial charge in [-0.25, -0.2) is 9.20 Å². The van der Waals surface area contributed by atoms with E-state index in [0.29, 0.717) is 40.3 Å². The summed E-state index contributed by atoms with van der Waals surface area (Å²) in [5.41, 5.74) is 6.25. The lowest BCUT2D eigenvalue weighted by molar-refractivity contribution is -0.0853. The number of aliphatic hydroxyl groups is 1. The maximum atomic E-state index is 13.2. The molecule has 0 aromatic carbocycles. The number of rotatable bonds is 10. The van der Waals surface area contributed by atoms with Crippen LogP contribution in [0.2, 0.25) is 0 Å². The Kier molecular flexibility index (Phi) is 6.24. The second-order valence-corrected chi connectivity index (χ2v) is 12.0. The zero-order valence-corrected chi connectivity index (χ0v) is 22.3. The van der Waals surface area contributed by atoms with Crippen LogP contribution >= 0.6 is 0 Å². The SMILES string of the molecule is CC(C)(O)COc1ccc2c(C(=O)NC3CC4(C3)CC(Oc3nn(C(F)F)cc3C(N)=O)C4)cnn2c1C1CC1. The van der Waals surface area contributed by atoms with Crippen LogP contribution in [0.25, 0.3) is 5.52 Å². The van der Waals surface area contributed by atoms with Crippen LogP contribution in [-0.4, -0.2) is 60.7 Å². The number of aromatic nitrogens is 4. The van der Waals surface area contributed by atoms with Gasteiger partial charge in [-0.1, -0.05) is 0 Å². The quantitative estimate of drug-likeness (QED) is 0.346. The molecule has 0 radical (unpaired) electrons. The Balaban J connectivity index is 1.06. The molecule has 214 valence electrons. The third kappa shape index (κ3) is 4.98. The molecule has 0 aliphatic heterocycles. The second kappa shape index (κ2) is 9.43. The van der Waals surface area contributed by atoms with Crippen LogP contribution in [0.1, 0.15) is 91.2 Å². The van der Waals surface area contributed by atoms with Crippen LogP contribution in [0.15, 0.2) is 24.5 Å². The van der Waals surface area contributed by atoms with Crippen molar-refractivity contribution >= 4 is 17.3 Å². The molecule has 3 fully saturated rings. The minimum atomic E-state index is -2.90. The van der Waals surface area contributed by atoms with Gasteiger partial charge in [0.1, 0.15) is 24.0 Å². The van der Waals surface area contributed by atoms with Crippen molar-refractivity contribution < 1.29 is 33.0 Å². The summed E-state index contributed by atoms with van der Waals surface area (Å²) in [5, 5.41) is 21.3. The minimum Gasteiger partial charge on any atom is -0.489 e. The summed E-state index contributed by atoms with van der Waals surface area (Å²) in [6.07, 6.45) is 7.14. The summed E-state index contributed by atoms with van der Waals surface area (Å²) in [5.74, 6) is -0.280. The molecule has 1 spiro atoms. The van der Waals surface area contributed by atoms with Gasteiger partial charge in [-0.05, 0) is 69.9 Å². The fraction of sp³-hybridized carbons (Fsp3) is 0.556. The molecule has 6 rings (SSSR count). The van der Waals surface area contributed by atoms with Gasteiger partial charge in [0.25, 0.3) is 11.8 Å². The molecule has 13 heteroatoms. The largest absolute Gasteiger partial charge is 0.489 e. The lowest BCUT2D eigenvalue weighted by Gasteiger charge is -2.57. The maximum absolute atomic E-state index is 13.2. The molecule has 11 nitrogen and oxygen atoms in total. The average Bonchev–Trinajstić information content (AvgIpc) is 3.42. The summed E-state index contributed by atoms with van der Waals surface area (Å²) in [7, 11) is 0. The molecule has 0 unspecified atom stereocenters. The zero-order chi connectivity index (χ0) is 28.4. The number of halogens is 2. The van der Waals surface area contributed by atoms with Gasteiger partial charge in [0.15, 0.2) is 0 Å². The fourth-order valence-corrected chi connectivity index (χ4v) is 5.90. The smallest absolute Gasteiger partial charge is 0.333 e. The number of carbonyl (C=O) groups is 2. The third-order valence-electron chi connectivity index (χ3n) is 7.93. The van der Waals surface area contributed by atoms with Gasteiger partial charge in [0.05, 0.1) is 28.6 Å². The molecule has 0 bridgehead atoms. The number of carbonyl (C=O) groups excluding carboxylic acids is 2. The standard InChI is InChI=1S/C27H32F2N6O5/c1-26(2,38)13-39-20-6-5-19-17(11-31-35(19)21(20)14-3-4-14)23(37)32-15-7-27(8-15)9-16(10-27)40-24-18(22(30)36)12-34(33-24)25(28)29/h5-6,11-12,14-16,25,38H,3-4,7-10,13H2,1-2H3,(H2,30,36)(H,32,37). The highest BCUT2D eigenvalue weighted by atomic mass is 19.3. The molecule has 2 amide bonds. The maximum Gasteiger partial charge on any atom is 0.333 e. The van der Waals surface area contributed by atoms with Gasteiger partial charge in [-0.3, -0.25) is 9.59 Å². The Morgan fingerprint density at radius 2 is 1.95 bits per heavy atom. The molecule has 3 aliphatic carbocycles. The van der Waals surface area contributed by atoms with Crippen molar-refractivity contribution in [1.29, 1.82) is 0 Å². The molecule has 3 aliphatic rings. The van der Waals surface area contributed by atoms with Crippen LogP contribution in [-0.2, 0) is 0 Å². The van der Waals surface area contributed by atoms with Gasteiger partial charge < -0.3 is 25.6 Å². The monoisotopic (exact) mass is 558 g/mol. The highest BCUT2D eigenvalue weighted by molar-refractivity contribution is 6.01. The molecule has 40 heavy (non-hydrogen) atoms. The van der Waals surface area contributed by atoms with Crippen LogP contribution in [0.3, 0.4) is 0 Å². The normalized spacial score (nSPS) is 24.1.